The van der Waals surface area contributed by atoms with Crippen molar-refractivity contribution in [2.45, 2.75) is 19.3 Å². The molecule has 2 heteroatoms. The molecule has 0 saturated heterocycles. The molecule has 0 fully saturated rings. The molecule has 0 saturated carbocycles. The Labute approximate surface area is 90.3 Å². The summed E-state index contributed by atoms with van der Waals surface area (Å²) in [6.45, 7) is 7.28. The third kappa shape index (κ3) is 2.46. The van der Waals surface area contributed by atoms with Crippen molar-refractivity contribution < 1.29 is 9.90 Å². The van der Waals surface area contributed by atoms with Gasteiger partial charge in [0.15, 0.2) is 0 Å². The van der Waals surface area contributed by atoms with Crippen LogP contribution in [0.25, 0.3) is 0 Å². The maximum Gasteiger partial charge on any atom is 0.314 e. The van der Waals surface area contributed by atoms with E-state index < -0.39 is 11.4 Å². The minimum atomic E-state index is -0.797. The van der Waals surface area contributed by atoms with Gasteiger partial charge in [0.2, 0.25) is 0 Å². The average Bonchev–Trinajstić information content (AvgIpc) is 2.19. The fourth-order valence-electron chi connectivity index (χ4n) is 1.85. The normalized spacial score (nSPS) is 24.4. The van der Waals surface area contributed by atoms with Gasteiger partial charge in [-0.05, 0) is 19.3 Å². The molecular weight excluding hydrogens is 188 g/mol. The predicted octanol–water partition coefficient (Wildman–Crippen LogP) is 3.10. The van der Waals surface area contributed by atoms with Gasteiger partial charge < -0.3 is 5.11 Å². The lowest BCUT2D eigenvalue weighted by atomic mass is 9.75. The van der Waals surface area contributed by atoms with Gasteiger partial charge in [-0.25, -0.2) is 0 Å². The number of hydrogen-bond donors (Lipinski definition) is 1. The summed E-state index contributed by atoms with van der Waals surface area (Å²) >= 11 is 0. The van der Waals surface area contributed by atoms with Gasteiger partial charge in [0.25, 0.3) is 0 Å². The fraction of sp³-hybridized carbons (Fsp3) is 0.308. The van der Waals surface area contributed by atoms with Crippen LogP contribution in [-0.4, -0.2) is 11.1 Å². The van der Waals surface area contributed by atoms with Crippen molar-refractivity contribution in [2.24, 2.45) is 5.41 Å². The number of carboxylic acids is 1. The first kappa shape index (κ1) is 11.5. The Morgan fingerprint density at radius 1 is 1.53 bits per heavy atom. The molecule has 1 aliphatic rings. The molecule has 1 aliphatic carbocycles. The van der Waals surface area contributed by atoms with E-state index in [-0.39, 0.29) is 0 Å². The molecule has 1 N–H and O–H groups in total. The first-order chi connectivity index (χ1) is 7.14. The predicted molar refractivity (Wildman–Crippen MR) is 61.5 cm³/mol. The van der Waals surface area contributed by atoms with Crippen LogP contribution in [0.3, 0.4) is 0 Å². The summed E-state index contributed by atoms with van der Waals surface area (Å²) in [5, 5.41) is 9.25. The number of carboxylic acid groups (broad SMARTS) is 1. The molecule has 0 aromatic heterocycles. The summed E-state index contributed by atoms with van der Waals surface area (Å²) in [6, 6.07) is 0. The van der Waals surface area contributed by atoms with Crippen LogP contribution >= 0.6 is 0 Å². The monoisotopic (exact) mass is 204 g/mol. The van der Waals surface area contributed by atoms with E-state index in [2.05, 4.69) is 13.2 Å². The number of carbonyl (C=O) groups is 1. The minimum absolute atomic E-state index is 0.466. The van der Waals surface area contributed by atoms with E-state index in [4.69, 9.17) is 0 Å². The number of aliphatic carboxylic acids is 1. The van der Waals surface area contributed by atoms with Crippen molar-refractivity contribution in [1.82, 2.24) is 0 Å². The van der Waals surface area contributed by atoms with Gasteiger partial charge in [-0.3, -0.25) is 4.79 Å². The molecule has 0 bridgehead atoms. The van der Waals surface area contributed by atoms with E-state index in [1.54, 1.807) is 18.2 Å². The van der Waals surface area contributed by atoms with Crippen molar-refractivity contribution in [3.05, 3.63) is 49.1 Å². The maximum absolute atomic E-state index is 11.3. The highest BCUT2D eigenvalue weighted by molar-refractivity contribution is 5.78. The average molecular weight is 204 g/mol. The highest BCUT2D eigenvalue weighted by Gasteiger charge is 2.36. The zero-order valence-corrected chi connectivity index (χ0v) is 8.78. The zero-order valence-electron chi connectivity index (χ0n) is 8.78. The zero-order chi connectivity index (χ0) is 11.3. The summed E-state index contributed by atoms with van der Waals surface area (Å²) in [4.78, 5) is 11.3. The van der Waals surface area contributed by atoms with Crippen LogP contribution in [0.4, 0.5) is 0 Å². The lowest BCUT2D eigenvalue weighted by molar-refractivity contribution is -0.145. The van der Waals surface area contributed by atoms with Crippen LogP contribution in [0.1, 0.15) is 19.3 Å². The van der Waals surface area contributed by atoms with E-state index in [0.29, 0.717) is 12.8 Å². The first-order valence-electron chi connectivity index (χ1n) is 4.97. The molecule has 0 aliphatic heterocycles. The van der Waals surface area contributed by atoms with Gasteiger partial charge in [0, 0.05) is 0 Å². The molecule has 1 unspecified atom stereocenters. The Balaban J connectivity index is 2.90. The number of hydrogen-bond acceptors (Lipinski definition) is 1. The van der Waals surface area contributed by atoms with Crippen molar-refractivity contribution in [2.75, 3.05) is 0 Å². The third-order valence-electron chi connectivity index (χ3n) is 2.63. The summed E-state index contributed by atoms with van der Waals surface area (Å²) in [5.74, 6) is -0.784. The molecular formula is C13H16O2. The van der Waals surface area contributed by atoms with Crippen LogP contribution in [-0.2, 0) is 4.79 Å². The highest BCUT2D eigenvalue weighted by Crippen LogP contribution is 2.36. The van der Waals surface area contributed by atoms with Gasteiger partial charge >= 0.3 is 5.97 Å². The Bertz CT molecular complexity index is 336. The Kier molecular flexibility index (Phi) is 3.67. The second-order valence-electron chi connectivity index (χ2n) is 3.81. The summed E-state index contributed by atoms with van der Waals surface area (Å²) in [5.41, 5.74) is 0.311. The first-order valence-corrected chi connectivity index (χ1v) is 4.97. The third-order valence-corrected chi connectivity index (χ3v) is 2.63. The van der Waals surface area contributed by atoms with Gasteiger partial charge in [-0.15, -0.1) is 13.2 Å². The lowest BCUT2D eigenvalue weighted by Crippen LogP contribution is -2.30. The molecule has 0 aromatic rings. The molecule has 1 atom stereocenters. The van der Waals surface area contributed by atoms with Gasteiger partial charge in [0.1, 0.15) is 0 Å². The number of allylic oxidation sites excluding steroid dienone is 5. The highest BCUT2D eigenvalue weighted by atomic mass is 16.4. The van der Waals surface area contributed by atoms with Crippen molar-refractivity contribution >= 4 is 5.97 Å². The molecule has 0 heterocycles. The van der Waals surface area contributed by atoms with Crippen LogP contribution in [0.5, 0.6) is 0 Å². The standard InChI is InChI=1S/C13H16O2/c1-3-6-11-7-5-9-13(10-11,8-4-2)12(14)15/h3-5,7,9H,1-2,6,8,10H2,(H,14,15). The molecule has 2 nitrogen and oxygen atoms in total. The van der Waals surface area contributed by atoms with Gasteiger partial charge in [0.05, 0.1) is 5.41 Å². The minimum Gasteiger partial charge on any atom is -0.481 e. The fourth-order valence-corrected chi connectivity index (χ4v) is 1.85. The summed E-state index contributed by atoms with van der Waals surface area (Å²) in [6.07, 6.45) is 10.8. The molecule has 0 amide bonds. The van der Waals surface area contributed by atoms with E-state index in [1.165, 1.54) is 0 Å². The Morgan fingerprint density at radius 3 is 2.80 bits per heavy atom. The second-order valence-corrected chi connectivity index (χ2v) is 3.81. The molecule has 0 radical (unpaired) electrons. The molecule has 0 spiro atoms. The topological polar surface area (TPSA) is 37.3 Å². The van der Waals surface area contributed by atoms with E-state index in [0.717, 1.165) is 12.0 Å². The van der Waals surface area contributed by atoms with Crippen LogP contribution in [0.15, 0.2) is 49.1 Å². The summed E-state index contributed by atoms with van der Waals surface area (Å²) in [7, 11) is 0. The molecule has 15 heavy (non-hydrogen) atoms. The van der Waals surface area contributed by atoms with Crippen molar-refractivity contribution in [1.29, 1.82) is 0 Å². The van der Waals surface area contributed by atoms with E-state index in [9.17, 15) is 9.90 Å². The second kappa shape index (κ2) is 4.78. The van der Waals surface area contributed by atoms with Crippen molar-refractivity contribution in [3.63, 3.8) is 0 Å². The smallest absolute Gasteiger partial charge is 0.314 e. The summed E-state index contributed by atoms with van der Waals surface area (Å²) < 4.78 is 0. The Hall–Kier alpha value is -1.57. The van der Waals surface area contributed by atoms with Crippen LogP contribution in [0.2, 0.25) is 0 Å². The van der Waals surface area contributed by atoms with Crippen LogP contribution < -0.4 is 0 Å². The van der Waals surface area contributed by atoms with Gasteiger partial charge in [-0.1, -0.05) is 36.0 Å². The van der Waals surface area contributed by atoms with E-state index in [1.807, 2.05) is 12.2 Å². The van der Waals surface area contributed by atoms with E-state index >= 15 is 0 Å². The largest absolute Gasteiger partial charge is 0.481 e. The maximum atomic E-state index is 11.3. The molecule has 0 aromatic carbocycles. The van der Waals surface area contributed by atoms with Crippen LogP contribution in [0, 0.1) is 5.41 Å². The SMILES string of the molecule is C=CCC1=CC=CC(CC=C)(C(=O)O)C1. The Morgan fingerprint density at radius 2 is 2.27 bits per heavy atom. The van der Waals surface area contributed by atoms with Gasteiger partial charge in [-0.2, -0.15) is 0 Å². The van der Waals surface area contributed by atoms with Crippen molar-refractivity contribution in [3.8, 4) is 0 Å². The quantitative estimate of drug-likeness (QED) is 0.699. The molecule has 1 rings (SSSR count). The molecule has 80 valence electrons. The lowest BCUT2D eigenvalue weighted by Gasteiger charge is -2.28. The number of rotatable bonds is 5.